The van der Waals surface area contributed by atoms with Gasteiger partial charge >= 0.3 is 6.18 Å². The third kappa shape index (κ3) is 3.48. The monoisotopic (exact) mass is 298 g/mol. The molecule has 1 N–H and O–H groups in total. The van der Waals surface area contributed by atoms with Crippen LogP contribution in [0.4, 0.5) is 33.3 Å². The molecule has 0 atom stereocenters. The highest BCUT2D eigenvalue weighted by Gasteiger charge is 2.34. The topological polar surface area (TPSA) is 35.8 Å². The van der Waals surface area contributed by atoms with Crippen LogP contribution < -0.4 is 5.32 Å². The van der Waals surface area contributed by atoms with Crippen LogP contribution in [0.5, 0.6) is 0 Å². The molecule has 2 aromatic rings. The smallest absolute Gasteiger partial charge is 0.355 e. The highest BCUT2D eigenvalue weighted by molar-refractivity contribution is 5.62. The number of halogens is 5. The fraction of sp³-hybridized carbons (Fsp3) is 0.0714. The van der Waals surface area contributed by atoms with Crippen LogP contribution in [0.1, 0.15) is 11.1 Å². The number of nitrogens with one attached hydrogen (secondary N) is 1. The predicted molar refractivity (Wildman–Crippen MR) is 65.8 cm³/mol. The van der Waals surface area contributed by atoms with Crippen LogP contribution in [0, 0.1) is 23.0 Å². The molecule has 108 valence electrons. The third-order valence-electron chi connectivity index (χ3n) is 2.59. The molecule has 21 heavy (non-hydrogen) atoms. The molecule has 0 fully saturated rings. The molecule has 2 aromatic carbocycles. The van der Waals surface area contributed by atoms with E-state index in [0.717, 1.165) is 18.2 Å². The van der Waals surface area contributed by atoms with Crippen molar-refractivity contribution in [1.82, 2.24) is 0 Å². The molecule has 2 rings (SSSR count). The molecule has 0 spiro atoms. The van der Waals surface area contributed by atoms with E-state index in [4.69, 9.17) is 5.26 Å². The summed E-state index contributed by atoms with van der Waals surface area (Å²) >= 11 is 0. The number of nitriles is 1. The molecule has 0 aliphatic rings. The van der Waals surface area contributed by atoms with Crippen LogP contribution >= 0.6 is 0 Å². The van der Waals surface area contributed by atoms with Gasteiger partial charge in [0.1, 0.15) is 11.6 Å². The van der Waals surface area contributed by atoms with E-state index >= 15 is 0 Å². The number of hydrogen-bond acceptors (Lipinski definition) is 2. The normalized spacial score (nSPS) is 11.0. The Morgan fingerprint density at radius 3 is 2.29 bits per heavy atom. The van der Waals surface area contributed by atoms with Crippen molar-refractivity contribution in [2.45, 2.75) is 6.18 Å². The van der Waals surface area contributed by atoms with E-state index in [-0.39, 0.29) is 16.9 Å². The van der Waals surface area contributed by atoms with E-state index in [1.165, 1.54) is 6.07 Å². The molecule has 2 nitrogen and oxygen atoms in total. The summed E-state index contributed by atoms with van der Waals surface area (Å²) in [6, 6.07) is 7.30. The van der Waals surface area contributed by atoms with Crippen molar-refractivity contribution in [2.75, 3.05) is 5.32 Å². The molecule has 0 amide bonds. The fourth-order valence-corrected chi connectivity index (χ4v) is 1.71. The molecule has 0 saturated carbocycles. The van der Waals surface area contributed by atoms with Gasteiger partial charge in [0.05, 0.1) is 17.2 Å². The first-order valence-corrected chi connectivity index (χ1v) is 5.64. The van der Waals surface area contributed by atoms with E-state index in [1.807, 2.05) is 0 Å². The van der Waals surface area contributed by atoms with Crippen LogP contribution in [0.2, 0.25) is 0 Å². The van der Waals surface area contributed by atoms with Crippen molar-refractivity contribution in [1.29, 1.82) is 5.26 Å². The van der Waals surface area contributed by atoms with Crippen molar-refractivity contribution < 1.29 is 22.0 Å². The zero-order chi connectivity index (χ0) is 15.6. The summed E-state index contributed by atoms with van der Waals surface area (Å²) in [5.74, 6) is -2.11. The first kappa shape index (κ1) is 14.8. The molecule has 0 heterocycles. The molecule has 0 aliphatic carbocycles. The Kier molecular flexibility index (Phi) is 3.80. The summed E-state index contributed by atoms with van der Waals surface area (Å²) in [4.78, 5) is 0. The van der Waals surface area contributed by atoms with Gasteiger partial charge in [0.2, 0.25) is 0 Å². The lowest BCUT2D eigenvalue weighted by Crippen LogP contribution is -2.08. The van der Waals surface area contributed by atoms with Gasteiger partial charge in [-0.2, -0.15) is 18.4 Å². The van der Waals surface area contributed by atoms with Gasteiger partial charge in [0, 0.05) is 11.4 Å². The van der Waals surface area contributed by atoms with Crippen molar-refractivity contribution in [3.8, 4) is 6.07 Å². The molecule has 7 heteroatoms. The lowest BCUT2D eigenvalue weighted by atomic mass is 10.1. The van der Waals surface area contributed by atoms with Crippen molar-refractivity contribution >= 4 is 11.4 Å². The quantitative estimate of drug-likeness (QED) is 0.822. The van der Waals surface area contributed by atoms with E-state index < -0.39 is 23.4 Å². The molecule has 0 bridgehead atoms. The van der Waals surface area contributed by atoms with Gasteiger partial charge in [0.15, 0.2) is 0 Å². The Morgan fingerprint density at radius 1 is 0.952 bits per heavy atom. The number of nitrogens with zero attached hydrogens (tertiary/aromatic N) is 1. The summed E-state index contributed by atoms with van der Waals surface area (Å²) in [5, 5.41) is 11.2. The summed E-state index contributed by atoms with van der Waals surface area (Å²) < 4.78 is 64.1. The second-order valence-electron chi connectivity index (χ2n) is 4.16. The van der Waals surface area contributed by atoms with Crippen molar-refractivity contribution in [2.24, 2.45) is 0 Å². The molecule has 0 unspecified atom stereocenters. The molecule has 0 radical (unpaired) electrons. The molecule has 0 aliphatic heterocycles. The van der Waals surface area contributed by atoms with Gasteiger partial charge in [0.25, 0.3) is 0 Å². The maximum absolute atomic E-state index is 13.2. The largest absolute Gasteiger partial charge is 0.419 e. The predicted octanol–water partition coefficient (Wildman–Crippen LogP) is 4.60. The van der Waals surface area contributed by atoms with Crippen LogP contribution in [0.3, 0.4) is 0 Å². The second kappa shape index (κ2) is 5.40. The number of alkyl halides is 3. The molecule has 0 aromatic heterocycles. The first-order chi connectivity index (χ1) is 9.79. The van der Waals surface area contributed by atoms with Gasteiger partial charge in [-0.15, -0.1) is 0 Å². The zero-order valence-corrected chi connectivity index (χ0v) is 10.3. The highest BCUT2D eigenvalue weighted by atomic mass is 19.4. The average molecular weight is 298 g/mol. The number of benzene rings is 2. The minimum absolute atomic E-state index is 0.00987. The fourth-order valence-electron chi connectivity index (χ4n) is 1.71. The summed E-state index contributed by atoms with van der Waals surface area (Å²) in [6.07, 6.45) is -4.83. The number of rotatable bonds is 2. The lowest BCUT2D eigenvalue weighted by Gasteiger charge is -2.12. The van der Waals surface area contributed by atoms with E-state index in [0.29, 0.717) is 12.1 Å². The minimum atomic E-state index is -4.83. The maximum Gasteiger partial charge on any atom is 0.419 e. The number of hydrogen-bond donors (Lipinski definition) is 1. The Hall–Kier alpha value is -2.62. The minimum Gasteiger partial charge on any atom is -0.355 e. The summed E-state index contributed by atoms with van der Waals surface area (Å²) in [5.41, 5.74) is -1.40. The highest BCUT2D eigenvalue weighted by Crippen LogP contribution is 2.33. The van der Waals surface area contributed by atoms with E-state index in [9.17, 15) is 22.0 Å². The van der Waals surface area contributed by atoms with Gasteiger partial charge in [-0.25, -0.2) is 8.78 Å². The molecular weight excluding hydrogens is 291 g/mol. The van der Waals surface area contributed by atoms with Gasteiger partial charge in [-0.05, 0) is 36.4 Å². The SMILES string of the molecule is N#Cc1cc(F)cc(Nc2ccc(F)c(C(F)(F)F)c2)c1. The van der Waals surface area contributed by atoms with Gasteiger partial charge < -0.3 is 5.32 Å². The van der Waals surface area contributed by atoms with Gasteiger partial charge in [-0.3, -0.25) is 0 Å². The maximum atomic E-state index is 13.2. The van der Waals surface area contributed by atoms with Gasteiger partial charge in [-0.1, -0.05) is 0 Å². The Balaban J connectivity index is 2.37. The molecule has 0 saturated heterocycles. The second-order valence-corrected chi connectivity index (χ2v) is 4.16. The van der Waals surface area contributed by atoms with E-state index in [1.54, 1.807) is 6.07 Å². The average Bonchev–Trinajstić information content (AvgIpc) is 2.39. The standard InChI is InChI=1S/C14H7F5N2/c15-9-3-8(7-20)4-11(5-9)21-10-1-2-13(16)12(6-10)14(17,18)19/h1-6,21H. The lowest BCUT2D eigenvalue weighted by molar-refractivity contribution is -0.139. The van der Waals surface area contributed by atoms with Crippen LogP contribution in [-0.2, 0) is 6.18 Å². The van der Waals surface area contributed by atoms with E-state index in [2.05, 4.69) is 5.32 Å². The van der Waals surface area contributed by atoms with Crippen molar-refractivity contribution in [3.05, 3.63) is 59.2 Å². The van der Waals surface area contributed by atoms with Crippen LogP contribution in [-0.4, -0.2) is 0 Å². The Morgan fingerprint density at radius 2 is 1.67 bits per heavy atom. The zero-order valence-electron chi connectivity index (χ0n) is 10.3. The van der Waals surface area contributed by atoms with Crippen LogP contribution in [0.15, 0.2) is 36.4 Å². The van der Waals surface area contributed by atoms with Crippen LogP contribution in [0.25, 0.3) is 0 Å². The summed E-state index contributed by atoms with van der Waals surface area (Å²) in [7, 11) is 0. The third-order valence-corrected chi connectivity index (χ3v) is 2.59. The Bertz CT molecular complexity index is 716. The first-order valence-electron chi connectivity index (χ1n) is 5.64. The molecular formula is C14H7F5N2. The Labute approximate surface area is 116 Å². The van der Waals surface area contributed by atoms with Crippen molar-refractivity contribution in [3.63, 3.8) is 0 Å². The number of anilines is 2. The summed E-state index contributed by atoms with van der Waals surface area (Å²) in [6.45, 7) is 0.